The monoisotopic (exact) mass is 769 g/mol. The fourth-order valence-corrected chi connectivity index (χ4v) is 7.11. The summed E-state index contributed by atoms with van der Waals surface area (Å²) in [6, 6.07) is 0.800. The van der Waals surface area contributed by atoms with Gasteiger partial charge in [0.05, 0.1) is 10.8 Å². The molecule has 0 aliphatic heterocycles. The van der Waals surface area contributed by atoms with Gasteiger partial charge in [-0.15, -0.1) is 0 Å². The first kappa shape index (κ1) is 46.2. The molecular formula is C31H53N3O15P2. The molecule has 51 heavy (non-hydrogen) atoms. The number of hydrogen-bond acceptors (Lipinski definition) is 16. The van der Waals surface area contributed by atoms with Crippen molar-refractivity contribution in [1.82, 2.24) is 4.98 Å². The zero-order valence-electron chi connectivity index (χ0n) is 30.3. The number of carbonyl (C=O) groups is 4. The molecule has 20 heteroatoms. The summed E-state index contributed by atoms with van der Waals surface area (Å²) in [6.07, 6.45) is 2.62. The van der Waals surface area contributed by atoms with Gasteiger partial charge in [0.1, 0.15) is 25.3 Å². The maximum atomic E-state index is 14.2. The van der Waals surface area contributed by atoms with Crippen LogP contribution in [0.15, 0.2) is 24.5 Å². The first-order chi connectivity index (χ1) is 23.4. The van der Waals surface area contributed by atoms with Gasteiger partial charge in [0, 0.05) is 18.8 Å². The minimum absolute atomic E-state index is 0.0122. The normalized spacial score (nSPS) is 16.2. The van der Waals surface area contributed by atoms with Crippen molar-refractivity contribution in [1.29, 1.82) is 0 Å². The van der Waals surface area contributed by atoms with E-state index in [4.69, 9.17) is 39.5 Å². The highest BCUT2D eigenvalue weighted by Crippen LogP contribution is 2.73. The summed E-state index contributed by atoms with van der Waals surface area (Å²) in [5.41, 5.74) is 8.69. The van der Waals surface area contributed by atoms with E-state index in [1.54, 1.807) is 13.8 Å². The predicted molar refractivity (Wildman–Crippen MR) is 181 cm³/mol. The number of hydrogen-bond donors (Lipinski definition) is 5. The zero-order chi connectivity index (χ0) is 39.4. The van der Waals surface area contributed by atoms with E-state index in [9.17, 15) is 43.2 Å². The van der Waals surface area contributed by atoms with E-state index in [1.165, 1.54) is 46.0 Å². The molecule has 0 fully saturated rings. The van der Waals surface area contributed by atoms with Gasteiger partial charge < -0.3 is 45.3 Å². The highest BCUT2D eigenvalue weighted by molar-refractivity contribution is 7.73. The Hall–Kier alpha value is -2.79. The first-order valence-electron chi connectivity index (χ1n) is 16.1. The molecule has 0 aliphatic rings. The van der Waals surface area contributed by atoms with Crippen molar-refractivity contribution in [3.05, 3.63) is 30.1 Å². The molecule has 1 aromatic heterocycles. The second-order valence-corrected chi connectivity index (χ2v) is 17.9. The minimum atomic E-state index is -5.86. The van der Waals surface area contributed by atoms with Gasteiger partial charge in [-0.1, -0.05) is 46.6 Å². The van der Waals surface area contributed by atoms with Crippen LogP contribution >= 0.6 is 15.2 Å². The fourth-order valence-electron chi connectivity index (χ4n) is 3.86. The van der Waals surface area contributed by atoms with E-state index in [-0.39, 0.29) is 17.4 Å². The van der Waals surface area contributed by atoms with Crippen molar-refractivity contribution < 1.29 is 71.2 Å². The van der Waals surface area contributed by atoms with Gasteiger partial charge in [-0.2, -0.15) is 0 Å². The number of carbonyl (C=O) groups excluding carboxylic acids is 4. The van der Waals surface area contributed by atoms with Gasteiger partial charge in [-0.3, -0.25) is 42.3 Å². The molecule has 0 saturated heterocycles. The van der Waals surface area contributed by atoms with Crippen LogP contribution in [0.3, 0.4) is 0 Å². The Labute approximate surface area is 297 Å². The number of nitrogens with zero attached hydrogens (tertiary/aromatic N) is 1. The molecule has 5 atom stereocenters. The van der Waals surface area contributed by atoms with Crippen molar-refractivity contribution >= 4 is 39.1 Å². The Morgan fingerprint density at radius 3 is 1.55 bits per heavy atom. The molecule has 0 radical (unpaired) electrons. The van der Waals surface area contributed by atoms with Crippen molar-refractivity contribution in [2.24, 2.45) is 34.1 Å². The van der Waals surface area contributed by atoms with Gasteiger partial charge in [-0.25, -0.2) is 0 Å². The summed E-state index contributed by atoms with van der Waals surface area (Å²) in [4.78, 5) is 74.7. The van der Waals surface area contributed by atoms with Crippen LogP contribution < -0.4 is 11.5 Å². The van der Waals surface area contributed by atoms with Crippen molar-refractivity contribution in [2.75, 3.05) is 26.8 Å². The topological polar surface area (TPSA) is 283 Å². The Balaban J connectivity index is 3.19. The molecule has 1 unspecified atom stereocenters. The van der Waals surface area contributed by atoms with E-state index in [0.717, 1.165) is 6.20 Å². The molecule has 0 aromatic carbocycles. The molecule has 0 amide bonds. The molecule has 0 aliphatic carbocycles. The Morgan fingerprint density at radius 2 is 1.22 bits per heavy atom. The minimum Gasteiger partial charge on any atom is -0.463 e. The highest BCUT2D eigenvalue weighted by Gasteiger charge is 2.63. The van der Waals surface area contributed by atoms with Crippen molar-refractivity contribution in [3.63, 3.8) is 0 Å². The van der Waals surface area contributed by atoms with Gasteiger partial charge >= 0.3 is 39.1 Å². The van der Waals surface area contributed by atoms with Crippen LogP contribution in [0, 0.1) is 22.7 Å². The number of pyridine rings is 1. The molecule has 0 saturated carbocycles. The SMILES string of the molecule is CC[C@H](C)[C@H](N)C(=O)OCC(C)(C)C(=O)OCOP(=O)(OCOC(=O)C(C)(C)COC(=O)[C@@H](N)[C@@H](C)CC)C(O)(Cc1cccnc1)P(=O)(O)O. The van der Waals surface area contributed by atoms with Gasteiger partial charge in [0.15, 0.2) is 0 Å². The van der Waals surface area contributed by atoms with Crippen LogP contribution in [-0.4, -0.2) is 87.7 Å². The number of ether oxygens (including phenoxy) is 4. The largest absolute Gasteiger partial charge is 0.463 e. The lowest BCUT2D eigenvalue weighted by Gasteiger charge is -2.34. The summed E-state index contributed by atoms with van der Waals surface area (Å²) < 4.78 is 57.5. The molecule has 1 rings (SSSR count). The third-order valence-corrected chi connectivity index (χ3v) is 12.7. The Bertz CT molecular complexity index is 1360. The van der Waals surface area contributed by atoms with E-state index >= 15 is 0 Å². The van der Waals surface area contributed by atoms with E-state index in [2.05, 4.69) is 4.98 Å². The zero-order valence-corrected chi connectivity index (χ0v) is 32.1. The van der Waals surface area contributed by atoms with Crippen molar-refractivity contribution in [3.8, 4) is 0 Å². The summed E-state index contributed by atoms with van der Waals surface area (Å²) in [7, 11) is -11.4. The lowest BCUT2D eigenvalue weighted by Crippen LogP contribution is -2.41. The Kier molecular flexibility index (Phi) is 17.5. The highest BCUT2D eigenvalue weighted by atomic mass is 31.2. The van der Waals surface area contributed by atoms with Gasteiger partial charge in [-0.05, 0) is 51.2 Å². The van der Waals surface area contributed by atoms with E-state index in [1.807, 2.05) is 13.8 Å². The summed E-state index contributed by atoms with van der Waals surface area (Å²) in [5.74, 6) is -4.05. The van der Waals surface area contributed by atoms with Gasteiger partial charge in [0.2, 0.25) is 13.6 Å². The third-order valence-electron chi connectivity index (χ3n) is 8.21. The van der Waals surface area contributed by atoms with Crippen LogP contribution in [0.1, 0.15) is 73.8 Å². The summed E-state index contributed by atoms with van der Waals surface area (Å²) in [5, 5.41) is 7.76. The lowest BCUT2D eigenvalue weighted by molar-refractivity contribution is -0.169. The number of aromatic nitrogens is 1. The molecule has 0 bridgehead atoms. The number of aliphatic hydroxyl groups is 1. The lowest BCUT2D eigenvalue weighted by atomic mass is 9.95. The fraction of sp³-hybridized carbons (Fsp3) is 0.710. The van der Waals surface area contributed by atoms with Crippen LogP contribution in [-0.2, 0) is 62.7 Å². The number of esters is 4. The van der Waals surface area contributed by atoms with E-state index < -0.39 is 100 Å². The van der Waals surface area contributed by atoms with Crippen LogP contribution in [0.25, 0.3) is 0 Å². The maximum absolute atomic E-state index is 14.2. The summed E-state index contributed by atoms with van der Waals surface area (Å²) >= 11 is 0. The van der Waals surface area contributed by atoms with Crippen LogP contribution in [0.5, 0.6) is 0 Å². The molecular weight excluding hydrogens is 716 g/mol. The molecule has 0 spiro atoms. The molecule has 7 N–H and O–H groups in total. The molecule has 1 aromatic rings. The van der Waals surface area contributed by atoms with Crippen LogP contribution in [0.2, 0.25) is 0 Å². The second-order valence-electron chi connectivity index (χ2n) is 13.5. The number of nitrogens with two attached hydrogens (primary N) is 2. The molecule has 18 nitrogen and oxygen atoms in total. The Morgan fingerprint density at radius 1 is 0.804 bits per heavy atom. The van der Waals surface area contributed by atoms with Crippen LogP contribution in [0.4, 0.5) is 0 Å². The molecule has 292 valence electrons. The third kappa shape index (κ3) is 13.0. The average molecular weight is 770 g/mol. The number of rotatable bonds is 22. The quantitative estimate of drug-likeness (QED) is 0.0490. The van der Waals surface area contributed by atoms with Crippen molar-refractivity contribution in [2.45, 2.75) is 91.8 Å². The smallest absolute Gasteiger partial charge is 0.380 e. The standard InChI is InChI=1S/C31H53N3O15P2/c1-9-20(3)23(32)25(35)44-16-29(5,6)27(37)46-18-48-51(43,31(39,50(40,41)42)14-22-12-11-13-34-15-22)49-19-47-28(38)30(7,8)17-45-26(36)24(33)21(4)10-2/h11-13,15,20-21,23-24,39H,9-10,14,16-19,32-33H2,1-8H3,(H2,40,41,42)/t20-,21-,23-,24-,31?/m0/s1. The predicted octanol–water partition coefficient (Wildman–Crippen LogP) is 2.56. The maximum Gasteiger partial charge on any atom is 0.380 e. The average Bonchev–Trinajstić information content (AvgIpc) is 3.07. The van der Waals surface area contributed by atoms with Gasteiger partial charge in [0.25, 0.3) is 5.08 Å². The summed E-state index contributed by atoms with van der Waals surface area (Å²) in [6.45, 7) is 9.00. The second kappa shape index (κ2) is 19.3. The first-order valence-corrected chi connectivity index (χ1v) is 19.3. The molecule has 1 heterocycles. The van der Waals surface area contributed by atoms with E-state index in [0.29, 0.717) is 12.8 Å².